The van der Waals surface area contributed by atoms with Gasteiger partial charge in [0.2, 0.25) is 10.0 Å². The van der Waals surface area contributed by atoms with Crippen LogP contribution < -0.4 is 10.0 Å². The molecular formula is C38H36F2N6O4S. The number of alkyl halides is 1. The number of sulfonamides is 1. The van der Waals surface area contributed by atoms with Crippen molar-refractivity contribution in [1.29, 1.82) is 0 Å². The SMILES string of the molecule is CCS(=O)(=O)Nc1cc2oc(-c3ccc(C)nc3)c(C(=O)NC)c2cc1-c1ccc2c(n1)-c1cc3c(F)cccc3n1C(CCN1CC(F)C1)C2. The van der Waals surface area contributed by atoms with Crippen molar-refractivity contribution in [2.45, 2.75) is 38.9 Å². The molecule has 2 aliphatic heterocycles. The maximum Gasteiger partial charge on any atom is 0.255 e. The van der Waals surface area contributed by atoms with Gasteiger partial charge >= 0.3 is 0 Å². The smallest absolute Gasteiger partial charge is 0.255 e. The van der Waals surface area contributed by atoms with Crippen molar-refractivity contribution < 1.29 is 26.4 Å². The van der Waals surface area contributed by atoms with Gasteiger partial charge in [0.15, 0.2) is 0 Å². The first-order valence-electron chi connectivity index (χ1n) is 17.0. The third-order valence-electron chi connectivity index (χ3n) is 9.94. The van der Waals surface area contributed by atoms with Crippen molar-refractivity contribution >= 4 is 43.5 Å². The van der Waals surface area contributed by atoms with Crippen molar-refractivity contribution in [3.63, 3.8) is 0 Å². The van der Waals surface area contributed by atoms with Crippen LogP contribution in [0, 0.1) is 12.7 Å². The molecular weight excluding hydrogens is 675 g/mol. The van der Waals surface area contributed by atoms with Crippen molar-refractivity contribution in [3.8, 4) is 34.0 Å². The summed E-state index contributed by atoms with van der Waals surface area (Å²) in [7, 11) is -2.21. The Labute approximate surface area is 293 Å². The number of nitrogens with one attached hydrogen (secondary N) is 2. The maximum absolute atomic E-state index is 15.2. The quantitative estimate of drug-likeness (QED) is 0.168. The van der Waals surface area contributed by atoms with E-state index in [1.165, 1.54) is 13.1 Å². The van der Waals surface area contributed by atoms with Crippen molar-refractivity contribution in [1.82, 2.24) is 24.8 Å². The largest absolute Gasteiger partial charge is 0.455 e. The highest BCUT2D eigenvalue weighted by Crippen LogP contribution is 2.44. The first kappa shape index (κ1) is 33.0. The fraction of sp³-hybridized carbons (Fsp3) is 0.289. The summed E-state index contributed by atoms with van der Waals surface area (Å²) < 4.78 is 65.9. The number of rotatable bonds is 9. The van der Waals surface area contributed by atoms with E-state index in [0.29, 0.717) is 64.1 Å². The molecule has 4 aromatic heterocycles. The molecule has 1 unspecified atom stereocenters. The fourth-order valence-electron chi connectivity index (χ4n) is 7.25. The molecule has 51 heavy (non-hydrogen) atoms. The Morgan fingerprint density at radius 3 is 2.63 bits per heavy atom. The van der Waals surface area contributed by atoms with E-state index >= 15 is 4.39 Å². The van der Waals surface area contributed by atoms with Crippen LogP contribution >= 0.6 is 0 Å². The number of anilines is 1. The maximum atomic E-state index is 15.2. The van der Waals surface area contributed by atoms with E-state index in [1.54, 1.807) is 31.3 Å². The fourth-order valence-corrected chi connectivity index (χ4v) is 7.90. The third kappa shape index (κ3) is 5.83. The number of carbonyl (C=O) groups excluding carboxylic acids is 1. The average molecular weight is 711 g/mol. The number of hydrogen-bond acceptors (Lipinski definition) is 7. The Morgan fingerprint density at radius 1 is 1.08 bits per heavy atom. The van der Waals surface area contributed by atoms with Gasteiger partial charge in [0.05, 0.1) is 39.6 Å². The van der Waals surface area contributed by atoms with Crippen LogP contribution in [0.4, 0.5) is 14.5 Å². The van der Waals surface area contributed by atoms with Crippen LogP contribution in [0.25, 0.3) is 55.8 Å². The molecule has 2 N–H and O–H groups in total. The Kier molecular flexibility index (Phi) is 8.14. The molecule has 6 aromatic rings. The molecule has 262 valence electrons. The lowest BCUT2D eigenvalue weighted by Crippen LogP contribution is -2.48. The van der Waals surface area contributed by atoms with E-state index in [4.69, 9.17) is 9.40 Å². The minimum atomic E-state index is -3.74. The van der Waals surface area contributed by atoms with E-state index in [2.05, 4.69) is 24.5 Å². The lowest BCUT2D eigenvalue weighted by molar-refractivity contribution is 0.0611. The number of benzene rings is 2. The summed E-state index contributed by atoms with van der Waals surface area (Å²) in [5.41, 5.74) is 6.23. The van der Waals surface area contributed by atoms with Gasteiger partial charge in [0, 0.05) is 72.6 Å². The van der Waals surface area contributed by atoms with Gasteiger partial charge in [-0.2, -0.15) is 0 Å². The van der Waals surface area contributed by atoms with Crippen LogP contribution in [-0.4, -0.2) is 72.4 Å². The Hall–Kier alpha value is -5.14. The van der Waals surface area contributed by atoms with Gasteiger partial charge in [-0.15, -0.1) is 0 Å². The van der Waals surface area contributed by atoms with Crippen molar-refractivity contribution in [2.75, 3.05) is 37.2 Å². The number of nitrogens with zero attached hydrogens (tertiary/aromatic N) is 4. The number of carbonyl (C=O) groups is 1. The number of aromatic nitrogens is 3. The Morgan fingerprint density at radius 2 is 1.90 bits per heavy atom. The van der Waals surface area contributed by atoms with E-state index in [-0.39, 0.29) is 34.8 Å². The van der Waals surface area contributed by atoms with Crippen LogP contribution in [0.2, 0.25) is 0 Å². The molecule has 10 nitrogen and oxygen atoms in total. The van der Waals surface area contributed by atoms with Crippen LogP contribution in [0.5, 0.6) is 0 Å². The van der Waals surface area contributed by atoms with Crippen LogP contribution in [0.1, 0.15) is 41.0 Å². The molecule has 0 bridgehead atoms. The normalized spacial score (nSPS) is 16.2. The molecule has 8 rings (SSSR count). The lowest BCUT2D eigenvalue weighted by Gasteiger charge is -2.36. The second-order valence-electron chi connectivity index (χ2n) is 13.3. The van der Waals surface area contributed by atoms with E-state index in [0.717, 1.165) is 35.4 Å². The van der Waals surface area contributed by atoms with E-state index < -0.39 is 16.2 Å². The summed E-state index contributed by atoms with van der Waals surface area (Å²) in [6.07, 6.45) is 2.22. The second-order valence-corrected chi connectivity index (χ2v) is 15.3. The highest BCUT2D eigenvalue weighted by atomic mass is 32.2. The number of furan rings is 1. The summed E-state index contributed by atoms with van der Waals surface area (Å²) in [5, 5.41) is 3.65. The van der Waals surface area contributed by atoms with Gasteiger partial charge in [0.25, 0.3) is 5.91 Å². The van der Waals surface area contributed by atoms with Crippen LogP contribution in [-0.2, 0) is 16.4 Å². The Balaban J connectivity index is 1.30. The van der Waals surface area contributed by atoms with Crippen molar-refractivity contribution in [2.24, 2.45) is 0 Å². The van der Waals surface area contributed by atoms with Gasteiger partial charge in [-0.05, 0) is 74.7 Å². The average Bonchev–Trinajstić information content (AvgIpc) is 3.69. The number of halogens is 2. The molecule has 1 amide bonds. The monoisotopic (exact) mass is 710 g/mol. The molecule has 0 aliphatic carbocycles. The summed E-state index contributed by atoms with van der Waals surface area (Å²) >= 11 is 0. The van der Waals surface area contributed by atoms with E-state index in [1.807, 2.05) is 43.3 Å². The van der Waals surface area contributed by atoms with Crippen LogP contribution in [0.3, 0.4) is 0 Å². The molecule has 0 saturated carbocycles. The number of pyridine rings is 2. The summed E-state index contributed by atoms with van der Waals surface area (Å²) in [6.45, 7) is 4.98. The minimum absolute atomic E-state index is 0.00267. The summed E-state index contributed by atoms with van der Waals surface area (Å²) in [4.78, 5) is 25.0. The number of likely N-dealkylation sites (tertiary alicyclic amines) is 1. The number of hydrogen-bond donors (Lipinski definition) is 2. The van der Waals surface area contributed by atoms with Gasteiger partial charge in [-0.25, -0.2) is 22.2 Å². The molecule has 2 aliphatic rings. The summed E-state index contributed by atoms with van der Waals surface area (Å²) in [5.74, 6) is -0.583. The highest BCUT2D eigenvalue weighted by molar-refractivity contribution is 7.92. The number of amides is 1. The second kappa shape index (κ2) is 12.6. The van der Waals surface area contributed by atoms with Gasteiger partial charge in [-0.1, -0.05) is 12.1 Å². The molecule has 6 heterocycles. The highest BCUT2D eigenvalue weighted by Gasteiger charge is 2.32. The first-order valence-corrected chi connectivity index (χ1v) is 18.6. The topological polar surface area (TPSA) is 122 Å². The molecule has 1 saturated heterocycles. The standard InChI is InChI=1S/C38H36F2N6O4S/c1-4-51(48,49)44-31-17-34-28(35(38(47)41-3)37(50-34)23-9-8-21(2)42-18-23)15-27(31)30-11-10-22-14-25(12-13-45-19-24(39)20-45)46-32-7-5-6-29(40)26(32)16-33(46)36(22)43-30/h5-11,15-18,24-25,44H,4,12-14,19-20H2,1-3H3,(H,41,47). The zero-order valence-corrected chi connectivity index (χ0v) is 29.2. The molecule has 0 radical (unpaired) electrons. The number of fused-ring (bicyclic) bond motifs is 6. The predicted molar refractivity (Wildman–Crippen MR) is 193 cm³/mol. The summed E-state index contributed by atoms with van der Waals surface area (Å²) in [6, 6.07) is 17.6. The minimum Gasteiger partial charge on any atom is -0.455 e. The molecule has 13 heteroatoms. The zero-order valence-electron chi connectivity index (χ0n) is 28.3. The lowest BCUT2D eigenvalue weighted by atomic mass is 9.94. The predicted octanol–water partition coefficient (Wildman–Crippen LogP) is 6.89. The van der Waals surface area contributed by atoms with Gasteiger partial charge < -0.3 is 14.3 Å². The Bertz CT molecular complexity index is 2450. The third-order valence-corrected chi connectivity index (χ3v) is 11.2. The first-order chi connectivity index (χ1) is 24.5. The molecule has 0 spiro atoms. The van der Waals surface area contributed by atoms with Crippen molar-refractivity contribution in [3.05, 3.63) is 89.5 Å². The van der Waals surface area contributed by atoms with Crippen LogP contribution in [0.15, 0.2) is 71.3 Å². The van der Waals surface area contributed by atoms with Gasteiger partial charge in [-0.3, -0.25) is 19.4 Å². The number of aryl methyl sites for hydroxylation is 1. The van der Waals surface area contributed by atoms with Gasteiger partial charge in [0.1, 0.15) is 23.3 Å². The molecule has 2 aromatic carbocycles. The molecule has 1 fully saturated rings. The molecule has 1 atom stereocenters. The zero-order chi connectivity index (χ0) is 35.6. The van der Waals surface area contributed by atoms with E-state index in [9.17, 15) is 17.6 Å².